The van der Waals surface area contributed by atoms with Crippen LogP contribution >= 0.6 is 0 Å². The minimum atomic E-state index is -1.12. The van der Waals surface area contributed by atoms with E-state index in [9.17, 15) is 14.7 Å². The Hall–Kier alpha value is -3.43. The van der Waals surface area contributed by atoms with Crippen molar-refractivity contribution < 1.29 is 28.9 Å². The number of carbonyl (C=O) groups excluding carboxylic acids is 1. The summed E-state index contributed by atoms with van der Waals surface area (Å²) < 4.78 is 15.7. The lowest BCUT2D eigenvalue weighted by Crippen LogP contribution is -2.42. The van der Waals surface area contributed by atoms with E-state index in [1.165, 1.54) is 32.5 Å². The molecule has 0 aromatic carbocycles. The molecule has 2 heterocycles. The third-order valence-corrected chi connectivity index (χ3v) is 3.57. The van der Waals surface area contributed by atoms with Gasteiger partial charge in [-0.15, -0.1) is 0 Å². The van der Waals surface area contributed by atoms with Gasteiger partial charge in [-0.1, -0.05) is 13.8 Å². The van der Waals surface area contributed by atoms with Crippen LogP contribution in [0.1, 0.15) is 30.8 Å². The van der Waals surface area contributed by atoms with E-state index in [0.717, 1.165) is 0 Å². The van der Waals surface area contributed by atoms with Gasteiger partial charge < -0.3 is 24.6 Å². The molecule has 0 aliphatic rings. The number of nitrogens with one attached hydrogen (secondary N) is 1. The van der Waals surface area contributed by atoms with Crippen LogP contribution in [-0.4, -0.2) is 52.2 Å². The zero-order valence-corrected chi connectivity index (χ0v) is 16.0. The quantitative estimate of drug-likeness (QED) is 0.658. The maximum Gasteiger partial charge on any atom is 0.328 e. The Kier molecular flexibility index (Phi) is 7.08. The topological polar surface area (TPSA) is 133 Å². The lowest BCUT2D eigenvalue weighted by atomic mass is 10.0. The lowest BCUT2D eigenvalue weighted by molar-refractivity contribution is -0.139. The number of aliphatic carboxylic acids is 1. The summed E-state index contributed by atoms with van der Waals surface area (Å²) in [7, 11) is 2.85. The van der Waals surface area contributed by atoms with Gasteiger partial charge in [0, 0.05) is 6.20 Å². The molecule has 0 aliphatic carbocycles. The van der Waals surface area contributed by atoms with Gasteiger partial charge in [-0.2, -0.15) is 9.97 Å². The first-order valence-corrected chi connectivity index (χ1v) is 8.47. The maximum absolute atomic E-state index is 12.6. The SMILES string of the molecule is COc1cc(OC)nc(Oc2cccnc2C(=O)N[C@@H](CC(C)C)C(=O)O)n1. The number of methoxy groups -OCH3 is 2. The molecule has 1 amide bonds. The van der Waals surface area contributed by atoms with Crippen LogP contribution in [0.2, 0.25) is 0 Å². The first-order valence-electron chi connectivity index (χ1n) is 8.47. The van der Waals surface area contributed by atoms with Crippen molar-refractivity contribution in [3.05, 3.63) is 30.1 Å². The monoisotopic (exact) mass is 390 g/mol. The fourth-order valence-corrected chi connectivity index (χ4v) is 2.30. The number of aromatic nitrogens is 3. The summed E-state index contributed by atoms with van der Waals surface area (Å²) in [4.78, 5) is 36.1. The highest BCUT2D eigenvalue weighted by Gasteiger charge is 2.24. The molecule has 10 nitrogen and oxygen atoms in total. The van der Waals surface area contributed by atoms with Gasteiger partial charge in [0.25, 0.3) is 5.91 Å². The van der Waals surface area contributed by atoms with Crippen LogP contribution in [0.25, 0.3) is 0 Å². The van der Waals surface area contributed by atoms with Crippen molar-refractivity contribution in [2.75, 3.05) is 14.2 Å². The van der Waals surface area contributed by atoms with Crippen molar-refractivity contribution in [2.45, 2.75) is 26.3 Å². The van der Waals surface area contributed by atoms with E-state index < -0.39 is 17.9 Å². The zero-order chi connectivity index (χ0) is 20.7. The lowest BCUT2D eigenvalue weighted by Gasteiger charge is -2.17. The molecule has 0 fully saturated rings. The second kappa shape index (κ2) is 9.49. The normalized spacial score (nSPS) is 11.6. The molecule has 10 heteroatoms. The molecule has 0 saturated carbocycles. The summed E-state index contributed by atoms with van der Waals surface area (Å²) in [5, 5.41) is 11.8. The third-order valence-electron chi connectivity index (χ3n) is 3.57. The van der Waals surface area contributed by atoms with Crippen LogP contribution in [-0.2, 0) is 4.79 Å². The predicted molar refractivity (Wildman–Crippen MR) is 97.8 cm³/mol. The third kappa shape index (κ3) is 5.53. The maximum atomic E-state index is 12.6. The number of pyridine rings is 1. The summed E-state index contributed by atoms with van der Waals surface area (Å²) in [6.07, 6.45) is 1.67. The van der Waals surface area contributed by atoms with Crippen LogP contribution < -0.4 is 19.5 Å². The summed E-state index contributed by atoms with van der Waals surface area (Å²) in [5.41, 5.74) is -0.0945. The summed E-state index contributed by atoms with van der Waals surface area (Å²) in [6, 6.07) is 3.36. The average molecular weight is 390 g/mol. The largest absolute Gasteiger partial charge is 0.481 e. The first-order chi connectivity index (χ1) is 13.3. The molecule has 0 spiro atoms. The highest BCUT2D eigenvalue weighted by Crippen LogP contribution is 2.25. The number of carbonyl (C=O) groups is 2. The average Bonchev–Trinajstić information content (AvgIpc) is 2.67. The number of rotatable bonds is 9. The molecule has 2 N–H and O–H groups in total. The predicted octanol–water partition coefficient (Wildman–Crippen LogP) is 1.91. The Balaban J connectivity index is 2.27. The molecule has 0 radical (unpaired) electrons. The molecule has 0 aliphatic heterocycles. The number of hydrogen-bond acceptors (Lipinski definition) is 8. The molecule has 28 heavy (non-hydrogen) atoms. The van der Waals surface area contributed by atoms with Crippen LogP contribution in [0.3, 0.4) is 0 Å². The summed E-state index contributed by atoms with van der Waals surface area (Å²) in [6.45, 7) is 3.73. The number of nitrogens with zero attached hydrogens (tertiary/aromatic N) is 3. The van der Waals surface area contributed by atoms with Crippen molar-refractivity contribution in [3.8, 4) is 23.5 Å². The van der Waals surface area contributed by atoms with Crippen molar-refractivity contribution >= 4 is 11.9 Å². The molecular formula is C18H22N4O6. The van der Waals surface area contributed by atoms with E-state index in [0.29, 0.717) is 0 Å². The minimum absolute atomic E-state index is 0.0593. The molecule has 2 aromatic rings. The number of hydrogen-bond donors (Lipinski definition) is 2. The molecule has 0 saturated heterocycles. The smallest absolute Gasteiger partial charge is 0.328 e. The van der Waals surface area contributed by atoms with Gasteiger partial charge in [0.2, 0.25) is 11.8 Å². The first kappa shape index (κ1) is 20.9. The Labute approximate surface area is 161 Å². The van der Waals surface area contributed by atoms with Crippen LogP contribution in [0.15, 0.2) is 24.4 Å². The van der Waals surface area contributed by atoms with E-state index >= 15 is 0 Å². The van der Waals surface area contributed by atoms with Crippen molar-refractivity contribution in [1.29, 1.82) is 0 Å². The van der Waals surface area contributed by atoms with Crippen LogP contribution in [0.5, 0.6) is 23.5 Å². The van der Waals surface area contributed by atoms with E-state index in [4.69, 9.17) is 14.2 Å². The summed E-state index contributed by atoms with van der Waals surface area (Å²) in [5.74, 6) is -1.25. The molecule has 2 rings (SSSR count). The zero-order valence-electron chi connectivity index (χ0n) is 16.0. The number of ether oxygens (including phenoxy) is 3. The number of carboxylic acids is 1. The Bertz CT molecular complexity index is 820. The van der Waals surface area contributed by atoms with E-state index in [2.05, 4.69) is 20.3 Å². The summed E-state index contributed by atoms with van der Waals surface area (Å²) >= 11 is 0. The second-order valence-electron chi connectivity index (χ2n) is 6.18. The molecule has 2 aromatic heterocycles. The Morgan fingerprint density at radius 3 is 2.36 bits per heavy atom. The van der Waals surface area contributed by atoms with Crippen molar-refractivity contribution in [2.24, 2.45) is 5.92 Å². The second-order valence-corrected chi connectivity index (χ2v) is 6.18. The van der Waals surface area contributed by atoms with Gasteiger partial charge in [-0.25, -0.2) is 9.78 Å². The van der Waals surface area contributed by atoms with Crippen LogP contribution in [0, 0.1) is 5.92 Å². The highest BCUT2D eigenvalue weighted by atomic mass is 16.5. The molecule has 0 bridgehead atoms. The van der Waals surface area contributed by atoms with Crippen molar-refractivity contribution in [3.63, 3.8) is 0 Å². The van der Waals surface area contributed by atoms with E-state index in [1.807, 2.05) is 13.8 Å². The Morgan fingerprint density at radius 2 is 1.82 bits per heavy atom. The Morgan fingerprint density at radius 1 is 1.18 bits per heavy atom. The minimum Gasteiger partial charge on any atom is -0.481 e. The van der Waals surface area contributed by atoms with Gasteiger partial charge in [-0.05, 0) is 24.5 Å². The highest BCUT2D eigenvalue weighted by molar-refractivity contribution is 5.97. The van der Waals surface area contributed by atoms with Gasteiger partial charge in [0.15, 0.2) is 11.4 Å². The number of carboxylic acid groups (broad SMARTS) is 1. The van der Waals surface area contributed by atoms with E-state index in [-0.39, 0.29) is 41.6 Å². The fourth-order valence-electron chi connectivity index (χ4n) is 2.30. The number of amides is 1. The van der Waals surface area contributed by atoms with Gasteiger partial charge in [0.05, 0.1) is 20.3 Å². The molecule has 150 valence electrons. The van der Waals surface area contributed by atoms with E-state index in [1.54, 1.807) is 6.07 Å². The molecule has 0 unspecified atom stereocenters. The molecular weight excluding hydrogens is 368 g/mol. The van der Waals surface area contributed by atoms with Crippen LogP contribution in [0.4, 0.5) is 0 Å². The van der Waals surface area contributed by atoms with Crippen molar-refractivity contribution in [1.82, 2.24) is 20.3 Å². The molecule has 1 atom stereocenters. The standard InChI is InChI=1S/C18H22N4O6/c1-10(2)8-11(17(24)25)20-16(23)15-12(6-5-7-19-15)28-18-21-13(26-3)9-14(22-18)27-4/h5-7,9-11H,8H2,1-4H3,(H,20,23)(H,24,25)/t11-/m0/s1. The van der Waals surface area contributed by atoms with Gasteiger partial charge in [0.1, 0.15) is 6.04 Å². The van der Waals surface area contributed by atoms with Gasteiger partial charge in [-0.3, -0.25) is 4.79 Å². The van der Waals surface area contributed by atoms with Gasteiger partial charge >= 0.3 is 12.0 Å². The fraction of sp³-hybridized carbons (Fsp3) is 0.389.